The fourth-order valence-corrected chi connectivity index (χ4v) is 3.92. The molecule has 0 aromatic heterocycles. The first-order valence-electron chi connectivity index (χ1n) is 5.26. The Kier molecular flexibility index (Phi) is 6.04. The summed E-state index contributed by atoms with van der Waals surface area (Å²) in [5.41, 5.74) is 5.20. The van der Waals surface area contributed by atoms with Crippen LogP contribution < -0.4 is 5.73 Å². The molecule has 1 amide bonds. The van der Waals surface area contributed by atoms with E-state index in [0.717, 1.165) is 0 Å². The molecule has 0 radical (unpaired) electrons. The molecule has 0 heterocycles. The summed E-state index contributed by atoms with van der Waals surface area (Å²) in [6.45, 7) is 6.72. The molecule has 0 bridgehead atoms. The molecule has 0 unspecified atom stereocenters. The summed E-state index contributed by atoms with van der Waals surface area (Å²) >= 11 is 0. The third kappa shape index (κ3) is 8.03. The van der Waals surface area contributed by atoms with Crippen LogP contribution in [0.25, 0.3) is 0 Å². The van der Waals surface area contributed by atoms with E-state index in [1.807, 2.05) is 0 Å². The maximum atomic E-state index is 10.8. The minimum atomic E-state index is -1.29. The van der Waals surface area contributed by atoms with E-state index in [-0.39, 0.29) is 5.91 Å². The van der Waals surface area contributed by atoms with Crippen molar-refractivity contribution in [3.63, 3.8) is 0 Å². The molecule has 0 aliphatic heterocycles. The highest BCUT2D eigenvalue weighted by molar-refractivity contribution is 6.79. The van der Waals surface area contributed by atoms with Gasteiger partial charge in [0.25, 0.3) is 0 Å². The Hall–Kier alpha value is -0.313. The van der Waals surface area contributed by atoms with Crippen molar-refractivity contribution in [3.05, 3.63) is 0 Å². The molecule has 0 rings (SSSR count). The van der Waals surface area contributed by atoms with Crippen LogP contribution in [0.5, 0.6) is 0 Å². The zero-order valence-electron chi connectivity index (χ0n) is 9.23. The predicted octanol–water partition coefficient (Wildman–Crippen LogP) is 2.76. The molecular weight excluding hydrogens is 178 g/mol. The van der Waals surface area contributed by atoms with Gasteiger partial charge in [-0.25, -0.2) is 0 Å². The highest BCUT2D eigenvalue weighted by atomic mass is 28.3. The highest BCUT2D eigenvalue weighted by Crippen LogP contribution is 2.18. The van der Waals surface area contributed by atoms with Crippen molar-refractivity contribution in [1.82, 2.24) is 0 Å². The van der Waals surface area contributed by atoms with E-state index >= 15 is 0 Å². The average molecular weight is 201 g/mol. The molecule has 2 N–H and O–H groups in total. The first-order chi connectivity index (χ1) is 5.98. The minimum absolute atomic E-state index is 0.118. The fourth-order valence-electron chi connectivity index (χ4n) is 1.59. The van der Waals surface area contributed by atoms with Gasteiger partial charge in [-0.2, -0.15) is 0 Å². The molecular formula is C10H23NOSi. The number of hydrogen-bond donors (Lipinski definition) is 1. The van der Waals surface area contributed by atoms with Crippen LogP contribution in [0.3, 0.4) is 0 Å². The van der Waals surface area contributed by atoms with Crippen molar-refractivity contribution in [1.29, 1.82) is 0 Å². The molecule has 3 heteroatoms. The van der Waals surface area contributed by atoms with E-state index in [0.29, 0.717) is 6.04 Å². The van der Waals surface area contributed by atoms with Crippen LogP contribution in [0.1, 0.15) is 32.6 Å². The van der Waals surface area contributed by atoms with Gasteiger partial charge >= 0.3 is 0 Å². The lowest BCUT2D eigenvalue weighted by Crippen LogP contribution is -2.31. The third-order valence-electron chi connectivity index (χ3n) is 2.36. The lowest BCUT2D eigenvalue weighted by atomic mass is 10.2. The van der Waals surface area contributed by atoms with Crippen LogP contribution in [0.4, 0.5) is 0 Å². The smallest absolute Gasteiger partial charge is 0.214 e. The number of rotatable bonds is 7. The number of carbonyl (C=O) groups is 1. The number of carbonyl (C=O) groups excluding carboxylic acids is 1. The van der Waals surface area contributed by atoms with Crippen LogP contribution in [-0.2, 0) is 4.79 Å². The Labute approximate surface area is 82.9 Å². The predicted molar refractivity (Wildman–Crippen MR) is 60.4 cm³/mol. The van der Waals surface area contributed by atoms with Crippen molar-refractivity contribution in [2.45, 2.75) is 57.8 Å². The second-order valence-corrected chi connectivity index (χ2v) is 9.80. The molecule has 0 aliphatic rings. The molecule has 0 aromatic carbocycles. The number of amides is 1. The molecule has 0 aromatic rings. The summed E-state index contributed by atoms with van der Waals surface area (Å²) in [5, 5.41) is 0. The van der Waals surface area contributed by atoms with Gasteiger partial charge in [-0.05, 0) is 0 Å². The van der Waals surface area contributed by atoms with Gasteiger partial charge in [0.05, 0.1) is 8.07 Å². The van der Waals surface area contributed by atoms with Crippen LogP contribution >= 0.6 is 0 Å². The normalized spacial score (nSPS) is 11.6. The second-order valence-electron chi connectivity index (χ2n) is 4.62. The maximum Gasteiger partial charge on any atom is 0.214 e. The number of hydrogen-bond acceptors (Lipinski definition) is 1. The van der Waals surface area contributed by atoms with Gasteiger partial charge in [0.1, 0.15) is 0 Å². The first-order valence-corrected chi connectivity index (χ1v) is 8.67. The topological polar surface area (TPSA) is 43.1 Å². The van der Waals surface area contributed by atoms with Gasteiger partial charge in [0.15, 0.2) is 0 Å². The van der Waals surface area contributed by atoms with Crippen molar-refractivity contribution in [3.8, 4) is 0 Å². The summed E-state index contributed by atoms with van der Waals surface area (Å²) in [4.78, 5) is 10.8. The summed E-state index contributed by atoms with van der Waals surface area (Å²) < 4.78 is 0. The van der Waals surface area contributed by atoms with Crippen LogP contribution in [-0.4, -0.2) is 14.0 Å². The van der Waals surface area contributed by atoms with Gasteiger partial charge < -0.3 is 5.73 Å². The van der Waals surface area contributed by atoms with Gasteiger partial charge in [-0.1, -0.05) is 51.7 Å². The second kappa shape index (κ2) is 6.19. The summed E-state index contributed by atoms with van der Waals surface area (Å²) in [7, 11) is -1.29. The van der Waals surface area contributed by atoms with Gasteiger partial charge in [-0.15, -0.1) is 0 Å². The fraction of sp³-hybridized carbons (Fsp3) is 0.900. The van der Waals surface area contributed by atoms with E-state index in [2.05, 4.69) is 20.0 Å². The summed E-state index contributed by atoms with van der Waals surface area (Å²) in [5.74, 6) is -0.118. The Morgan fingerprint density at radius 3 is 2.31 bits per heavy atom. The lowest BCUT2D eigenvalue weighted by molar-refractivity contribution is -0.116. The lowest BCUT2D eigenvalue weighted by Gasteiger charge is -2.19. The van der Waals surface area contributed by atoms with Gasteiger partial charge in [0, 0.05) is 6.04 Å². The molecule has 0 spiro atoms. The van der Waals surface area contributed by atoms with E-state index in [9.17, 15) is 4.79 Å². The Balaban J connectivity index is 3.56. The van der Waals surface area contributed by atoms with Crippen molar-refractivity contribution >= 4 is 14.0 Å². The zero-order valence-corrected chi connectivity index (χ0v) is 10.2. The number of nitrogens with two attached hydrogens (primary N) is 1. The van der Waals surface area contributed by atoms with E-state index in [1.165, 1.54) is 31.7 Å². The van der Waals surface area contributed by atoms with Crippen molar-refractivity contribution in [2.24, 2.45) is 5.73 Å². The molecule has 0 saturated heterocycles. The van der Waals surface area contributed by atoms with Crippen molar-refractivity contribution < 1.29 is 4.79 Å². The number of primary amides is 1. The minimum Gasteiger partial charge on any atom is -0.370 e. The molecule has 0 aliphatic carbocycles. The summed E-state index contributed by atoms with van der Waals surface area (Å²) in [6.07, 6.45) is 5.19. The zero-order chi connectivity index (χ0) is 10.3. The molecule has 78 valence electrons. The third-order valence-corrected chi connectivity index (χ3v) is 5.37. The average Bonchev–Trinajstić information content (AvgIpc) is 1.95. The number of unbranched alkanes of at least 4 members (excludes halogenated alkanes) is 3. The standard InChI is InChI=1S/C10H23NOSi/c1-4-5-6-7-8-13(2,3)9-10(11)12/h4-9H2,1-3H3,(H2,11,12). The largest absolute Gasteiger partial charge is 0.370 e. The SMILES string of the molecule is CCCCCC[Si](C)(C)CC(N)=O. The van der Waals surface area contributed by atoms with Gasteiger partial charge in [-0.3, -0.25) is 4.79 Å². The quantitative estimate of drug-likeness (QED) is 0.499. The molecule has 13 heavy (non-hydrogen) atoms. The Morgan fingerprint density at radius 2 is 1.85 bits per heavy atom. The monoisotopic (exact) mass is 201 g/mol. The molecule has 2 nitrogen and oxygen atoms in total. The molecule has 0 saturated carbocycles. The van der Waals surface area contributed by atoms with Gasteiger partial charge in [0.2, 0.25) is 5.91 Å². The van der Waals surface area contributed by atoms with Crippen molar-refractivity contribution in [2.75, 3.05) is 0 Å². The van der Waals surface area contributed by atoms with E-state index in [4.69, 9.17) is 5.73 Å². The Bertz CT molecular complexity index is 157. The molecule has 0 fully saturated rings. The van der Waals surface area contributed by atoms with Crippen LogP contribution in [0.15, 0.2) is 0 Å². The Morgan fingerprint density at radius 1 is 1.23 bits per heavy atom. The highest BCUT2D eigenvalue weighted by Gasteiger charge is 2.22. The summed E-state index contributed by atoms with van der Waals surface area (Å²) in [6, 6.07) is 1.90. The first kappa shape index (κ1) is 12.7. The van der Waals surface area contributed by atoms with Crippen LogP contribution in [0, 0.1) is 0 Å². The van der Waals surface area contributed by atoms with E-state index in [1.54, 1.807) is 0 Å². The van der Waals surface area contributed by atoms with E-state index < -0.39 is 8.07 Å². The maximum absolute atomic E-state index is 10.8. The molecule has 0 atom stereocenters. The van der Waals surface area contributed by atoms with Crippen LogP contribution in [0.2, 0.25) is 25.2 Å².